The van der Waals surface area contributed by atoms with E-state index in [-0.39, 0.29) is 22.6 Å². The zero-order valence-corrected chi connectivity index (χ0v) is 14.2. The Balaban J connectivity index is 2.16. The van der Waals surface area contributed by atoms with Gasteiger partial charge in [0.15, 0.2) is 11.5 Å². The quantitative estimate of drug-likeness (QED) is 0.792. The van der Waals surface area contributed by atoms with Crippen LogP contribution in [0.3, 0.4) is 0 Å². The molecule has 0 atom stereocenters. The summed E-state index contributed by atoms with van der Waals surface area (Å²) in [6.07, 6.45) is 0. The SMILES string of the molecule is COc1cc(C(=O)NNC(=O)c2cc(F)cc(F)c2)cc(OC)c1OC. The average molecular weight is 366 g/mol. The molecule has 26 heavy (non-hydrogen) atoms. The molecule has 0 spiro atoms. The third-order valence-corrected chi connectivity index (χ3v) is 3.34. The lowest BCUT2D eigenvalue weighted by molar-refractivity contribution is 0.0846. The van der Waals surface area contributed by atoms with Crippen LogP contribution in [0.5, 0.6) is 17.2 Å². The highest BCUT2D eigenvalue weighted by Crippen LogP contribution is 2.38. The van der Waals surface area contributed by atoms with Crippen molar-refractivity contribution in [3.05, 3.63) is 53.1 Å². The van der Waals surface area contributed by atoms with Gasteiger partial charge in [-0.15, -0.1) is 0 Å². The highest BCUT2D eigenvalue weighted by molar-refractivity contribution is 5.99. The molecule has 0 saturated heterocycles. The minimum absolute atomic E-state index is 0.102. The van der Waals surface area contributed by atoms with E-state index in [4.69, 9.17) is 14.2 Å². The van der Waals surface area contributed by atoms with E-state index in [1.54, 1.807) is 0 Å². The Labute approximate surface area is 147 Å². The third-order valence-electron chi connectivity index (χ3n) is 3.34. The van der Waals surface area contributed by atoms with Crippen LogP contribution in [0.2, 0.25) is 0 Å². The molecule has 0 radical (unpaired) electrons. The van der Waals surface area contributed by atoms with Crippen molar-refractivity contribution >= 4 is 11.8 Å². The summed E-state index contributed by atoms with van der Waals surface area (Å²) in [4.78, 5) is 24.1. The first-order chi connectivity index (χ1) is 12.4. The zero-order chi connectivity index (χ0) is 19.3. The number of hydrazine groups is 1. The summed E-state index contributed by atoms with van der Waals surface area (Å²) in [6.45, 7) is 0. The molecule has 0 aliphatic carbocycles. The van der Waals surface area contributed by atoms with E-state index in [1.807, 2.05) is 0 Å². The first-order valence-corrected chi connectivity index (χ1v) is 7.26. The summed E-state index contributed by atoms with van der Waals surface area (Å²) in [5, 5.41) is 0. The molecule has 2 N–H and O–H groups in total. The van der Waals surface area contributed by atoms with Crippen LogP contribution in [-0.4, -0.2) is 33.1 Å². The molecule has 0 unspecified atom stereocenters. The van der Waals surface area contributed by atoms with Crippen LogP contribution in [0, 0.1) is 11.6 Å². The molecule has 0 fully saturated rings. The minimum atomic E-state index is -0.911. The first kappa shape index (κ1) is 19.0. The number of rotatable bonds is 5. The third kappa shape index (κ3) is 4.18. The molecule has 0 heterocycles. The first-order valence-electron chi connectivity index (χ1n) is 7.26. The molecular weight excluding hydrogens is 350 g/mol. The van der Waals surface area contributed by atoms with Crippen LogP contribution in [0.4, 0.5) is 8.78 Å². The number of ether oxygens (including phenoxy) is 3. The van der Waals surface area contributed by atoms with Crippen LogP contribution in [0.1, 0.15) is 20.7 Å². The zero-order valence-electron chi connectivity index (χ0n) is 14.2. The van der Waals surface area contributed by atoms with E-state index in [9.17, 15) is 18.4 Å². The van der Waals surface area contributed by atoms with Gasteiger partial charge in [-0.25, -0.2) is 8.78 Å². The summed E-state index contributed by atoms with van der Waals surface area (Å²) in [7, 11) is 4.19. The Morgan fingerprint density at radius 1 is 0.731 bits per heavy atom. The molecule has 0 aromatic heterocycles. The van der Waals surface area contributed by atoms with Crippen molar-refractivity contribution in [2.45, 2.75) is 0 Å². The molecule has 0 saturated carbocycles. The van der Waals surface area contributed by atoms with Crippen molar-refractivity contribution in [3.63, 3.8) is 0 Å². The van der Waals surface area contributed by atoms with Gasteiger partial charge in [-0.2, -0.15) is 0 Å². The second-order valence-corrected chi connectivity index (χ2v) is 4.98. The highest BCUT2D eigenvalue weighted by atomic mass is 19.1. The van der Waals surface area contributed by atoms with Crippen molar-refractivity contribution in [2.24, 2.45) is 0 Å². The predicted molar refractivity (Wildman–Crippen MR) is 87.4 cm³/mol. The molecule has 138 valence electrons. The standard InChI is InChI=1S/C17H16F2N2O5/c1-24-13-6-10(7-14(25-2)15(13)26-3)17(23)21-20-16(22)9-4-11(18)8-12(19)5-9/h4-8H,1-3H3,(H,20,22)(H,21,23). The van der Waals surface area contributed by atoms with Crippen LogP contribution in [0.15, 0.2) is 30.3 Å². The number of hydrogen-bond donors (Lipinski definition) is 2. The van der Waals surface area contributed by atoms with Gasteiger partial charge in [0.1, 0.15) is 11.6 Å². The van der Waals surface area contributed by atoms with E-state index < -0.39 is 23.4 Å². The lowest BCUT2D eigenvalue weighted by atomic mass is 10.1. The molecule has 2 aromatic carbocycles. The maximum atomic E-state index is 13.1. The minimum Gasteiger partial charge on any atom is -0.493 e. The highest BCUT2D eigenvalue weighted by Gasteiger charge is 2.18. The monoisotopic (exact) mass is 366 g/mol. The number of carbonyl (C=O) groups excluding carboxylic acids is 2. The van der Waals surface area contributed by atoms with Crippen molar-refractivity contribution in [1.29, 1.82) is 0 Å². The number of carbonyl (C=O) groups is 2. The van der Waals surface area contributed by atoms with E-state index in [1.165, 1.54) is 33.5 Å². The number of nitrogens with one attached hydrogen (secondary N) is 2. The van der Waals surface area contributed by atoms with Crippen LogP contribution in [0.25, 0.3) is 0 Å². The van der Waals surface area contributed by atoms with Gasteiger partial charge in [0, 0.05) is 17.2 Å². The van der Waals surface area contributed by atoms with Crippen molar-refractivity contribution in [1.82, 2.24) is 10.9 Å². The van der Waals surface area contributed by atoms with Crippen molar-refractivity contribution in [3.8, 4) is 17.2 Å². The molecule has 2 amide bonds. The number of methoxy groups -OCH3 is 3. The maximum Gasteiger partial charge on any atom is 0.269 e. The molecular formula is C17H16F2N2O5. The van der Waals surface area contributed by atoms with Crippen molar-refractivity contribution in [2.75, 3.05) is 21.3 Å². The van der Waals surface area contributed by atoms with Gasteiger partial charge in [-0.1, -0.05) is 0 Å². The van der Waals surface area contributed by atoms with Gasteiger partial charge in [0.2, 0.25) is 5.75 Å². The molecule has 0 aliphatic heterocycles. The summed E-state index contributed by atoms with van der Waals surface area (Å²) >= 11 is 0. The smallest absolute Gasteiger partial charge is 0.269 e. The molecule has 0 aliphatic rings. The molecule has 0 bridgehead atoms. The van der Waals surface area contributed by atoms with Crippen LogP contribution >= 0.6 is 0 Å². The van der Waals surface area contributed by atoms with Crippen LogP contribution < -0.4 is 25.1 Å². The molecule has 2 aromatic rings. The Morgan fingerprint density at radius 2 is 1.15 bits per heavy atom. The maximum absolute atomic E-state index is 13.1. The van der Waals surface area contributed by atoms with Gasteiger partial charge in [0.05, 0.1) is 21.3 Å². The summed E-state index contributed by atoms with van der Waals surface area (Å²) in [6, 6.07) is 5.06. The van der Waals surface area contributed by atoms with Crippen LogP contribution in [-0.2, 0) is 0 Å². The summed E-state index contributed by atoms with van der Waals surface area (Å²) in [5.74, 6) is -2.62. The van der Waals surface area contributed by atoms with Gasteiger partial charge in [0.25, 0.3) is 11.8 Å². The molecule has 2 rings (SSSR count). The van der Waals surface area contributed by atoms with Gasteiger partial charge < -0.3 is 14.2 Å². The van der Waals surface area contributed by atoms with Crippen molar-refractivity contribution < 1.29 is 32.6 Å². The van der Waals surface area contributed by atoms with Gasteiger partial charge >= 0.3 is 0 Å². The lowest BCUT2D eigenvalue weighted by Gasteiger charge is -2.14. The lowest BCUT2D eigenvalue weighted by Crippen LogP contribution is -2.41. The van der Waals surface area contributed by atoms with E-state index in [0.29, 0.717) is 11.8 Å². The Hall–Kier alpha value is -3.36. The number of hydrogen-bond acceptors (Lipinski definition) is 5. The fourth-order valence-corrected chi connectivity index (χ4v) is 2.15. The second-order valence-electron chi connectivity index (χ2n) is 4.98. The predicted octanol–water partition coefficient (Wildman–Crippen LogP) is 2.07. The normalized spacial score (nSPS) is 10.0. The van der Waals surface area contributed by atoms with Gasteiger partial charge in [-0.05, 0) is 24.3 Å². The largest absolute Gasteiger partial charge is 0.493 e. The number of amides is 2. The van der Waals surface area contributed by atoms with E-state index >= 15 is 0 Å². The topological polar surface area (TPSA) is 85.9 Å². The van der Waals surface area contributed by atoms with Gasteiger partial charge in [-0.3, -0.25) is 20.4 Å². The second kappa shape index (κ2) is 8.15. The Kier molecular flexibility index (Phi) is 5.94. The Bertz CT molecular complexity index is 797. The van der Waals surface area contributed by atoms with E-state index in [0.717, 1.165) is 12.1 Å². The summed E-state index contributed by atoms with van der Waals surface area (Å²) in [5.41, 5.74) is 4.03. The molecule has 9 heteroatoms. The number of halogens is 2. The fraction of sp³-hybridized carbons (Fsp3) is 0.176. The van der Waals surface area contributed by atoms with E-state index in [2.05, 4.69) is 10.9 Å². The average Bonchev–Trinajstić information content (AvgIpc) is 2.63. The number of benzene rings is 2. The Morgan fingerprint density at radius 3 is 1.54 bits per heavy atom. The summed E-state index contributed by atoms with van der Waals surface area (Å²) < 4.78 is 41.7. The fourth-order valence-electron chi connectivity index (χ4n) is 2.15. The molecule has 7 nitrogen and oxygen atoms in total.